The van der Waals surface area contributed by atoms with Gasteiger partial charge in [0, 0.05) is 23.0 Å². The van der Waals surface area contributed by atoms with Crippen LogP contribution in [0.2, 0.25) is 0 Å². The van der Waals surface area contributed by atoms with Crippen molar-refractivity contribution in [3.8, 4) is 0 Å². The Bertz CT molecular complexity index is 869. The Morgan fingerprint density at radius 1 is 1.31 bits per heavy atom. The Balaban J connectivity index is 1.86. The van der Waals surface area contributed by atoms with E-state index in [1.54, 1.807) is 12.3 Å². The van der Waals surface area contributed by atoms with Crippen LogP contribution in [0.25, 0.3) is 5.76 Å². The molecule has 26 heavy (non-hydrogen) atoms. The van der Waals surface area contributed by atoms with Gasteiger partial charge in [0.1, 0.15) is 10.8 Å². The predicted octanol–water partition coefficient (Wildman–Crippen LogP) is 4.02. The summed E-state index contributed by atoms with van der Waals surface area (Å²) in [7, 11) is 0. The van der Waals surface area contributed by atoms with Crippen LogP contribution in [0.5, 0.6) is 0 Å². The second-order valence-corrected chi connectivity index (χ2v) is 8.32. The van der Waals surface area contributed by atoms with E-state index in [2.05, 4.69) is 9.97 Å². The van der Waals surface area contributed by atoms with E-state index >= 15 is 0 Å². The van der Waals surface area contributed by atoms with Gasteiger partial charge < -0.3 is 5.11 Å². The first-order valence-electron chi connectivity index (χ1n) is 8.59. The number of hydrogen-bond acceptors (Lipinski definition) is 7. The summed E-state index contributed by atoms with van der Waals surface area (Å²) >= 11 is 2.53. The third-order valence-electron chi connectivity index (χ3n) is 4.18. The molecule has 0 atom stereocenters. The highest BCUT2D eigenvalue weighted by Gasteiger charge is 2.29. The molecule has 2 heterocycles. The molecule has 0 saturated heterocycles. The molecule has 0 bridgehead atoms. The van der Waals surface area contributed by atoms with E-state index in [0.717, 1.165) is 23.6 Å². The maximum atomic E-state index is 12.8. The molecular weight excluding hydrogens is 368 g/mol. The van der Waals surface area contributed by atoms with Crippen LogP contribution in [-0.2, 0) is 24.1 Å². The molecule has 1 aliphatic carbocycles. The summed E-state index contributed by atoms with van der Waals surface area (Å²) in [4.78, 5) is 33.9. The molecule has 136 valence electrons. The summed E-state index contributed by atoms with van der Waals surface area (Å²) in [6, 6.07) is 3.64. The number of allylic oxidation sites excluding steroid dienone is 1. The molecule has 3 rings (SSSR count). The Kier molecular flexibility index (Phi) is 5.88. The second kappa shape index (κ2) is 8.14. The number of thioether (sulfide) groups is 1. The normalized spacial score (nSPS) is 15.7. The third kappa shape index (κ3) is 3.88. The zero-order chi connectivity index (χ0) is 18.7. The first kappa shape index (κ1) is 18.8. The maximum absolute atomic E-state index is 12.8. The Morgan fingerprint density at radius 3 is 2.77 bits per heavy atom. The van der Waals surface area contributed by atoms with E-state index in [4.69, 9.17) is 0 Å². The largest absolute Gasteiger partial charge is 0.507 e. The van der Waals surface area contributed by atoms with Gasteiger partial charge in [0.05, 0.1) is 17.0 Å². The molecule has 0 spiro atoms. The number of fused-ring (bicyclic) bond motifs is 1. The van der Waals surface area contributed by atoms with Gasteiger partial charge in [-0.3, -0.25) is 14.6 Å². The molecule has 0 aromatic carbocycles. The minimum atomic E-state index is -0.192. The van der Waals surface area contributed by atoms with E-state index < -0.39 is 0 Å². The standard InChI is InChI=1S/C19H20N2O3S2/c1-3-12-6-5-11(10-20-12)17(23)13-7-8-14-19(18(13)24)26-15(21-14)9-16(22)25-4-2/h5-6,10,23H,3-4,7-9H2,1-2H3/b17-13-. The van der Waals surface area contributed by atoms with Crippen LogP contribution in [0, 0.1) is 0 Å². The molecule has 1 aliphatic rings. The number of ketones is 1. The zero-order valence-electron chi connectivity index (χ0n) is 14.7. The topological polar surface area (TPSA) is 80.2 Å². The van der Waals surface area contributed by atoms with Crippen LogP contribution in [0.4, 0.5) is 0 Å². The fourth-order valence-electron chi connectivity index (χ4n) is 2.83. The molecule has 0 unspecified atom stereocenters. The summed E-state index contributed by atoms with van der Waals surface area (Å²) in [5, 5.41) is 11.3. The van der Waals surface area contributed by atoms with Gasteiger partial charge in [-0.15, -0.1) is 11.3 Å². The molecule has 0 amide bonds. The van der Waals surface area contributed by atoms with Gasteiger partial charge in [0.25, 0.3) is 0 Å². The molecule has 1 N–H and O–H groups in total. The fourth-order valence-corrected chi connectivity index (χ4v) is 4.55. The molecule has 2 aromatic heterocycles. The van der Waals surface area contributed by atoms with Crippen molar-refractivity contribution in [1.29, 1.82) is 0 Å². The summed E-state index contributed by atoms with van der Waals surface area (Å²) in [5.74, 6) is 0.528. The van der Waals surface area contributed by atoms with Crippen molar-refractivity contribution >= 4 is 39.8 Å². The highest BCUT2D eigenvalue weighted by atomic mass is 32.2. The lowest BCUT2D eigenvalue weighted by Crippen LogP contribution is -2.14. The van der Waals surface area contributed by atoms with Gasteiger partial charge in [-0.25, -0.2) is 4.98 Å². The number of nitrogens with zero attached hydrogens (tertiary/aromatic N) is 2. The van der Waals surface area contributed by atoms with Crippen LogP contribution in [0.1, 0.15) is 51.9 Å². The van der Waals surface area contributed by atoms with Gasteiger partial charge >= 0.3 is 0 Å². The predicted molar refractivity (Wildman–Crippen MR) is 105 cm³/mol. The van der Waals surface area contributed by atoms with Crippen molar-refractivity contribution in [2.75, 3.05) is 5.75 Å². The van der Waals surface area contributed by atoms with E-state index in [9.17, 15) is 14.7 Å². The number of carbonyl (C=O) groups excluding carboxylic acids is 2. The van der Waals surface area contributed by atoms with Crippen molar-refractivity contribution in [3.05, 3.63) is 50.7 Å². The van der Waals surface area contributed by atoms with Gasteiger partial charge in [0.15, 0.2) is 5.12 Å². The first-order chi connectivity index (χ1) is 12.5. The van der Waals surface area contributed by atoms with E-state index in [-0.39, 0.29) is 23.1 Å². The molecule has 0 radical (unpaired) electrons. The van der Waals surface area contributed by atoms with Crippen molar-refractivity contribution in [2.45, 2.75) is 39.5 Å². The summed E-state index contributed by atoms with van der Waals surface area (Å²) in [5.41, 5.74) is 2.62. The average molecular weight is 389 g/mol. The van der Waals surface area contributed by atoms with E-state index in [1.807, 2.05) is 19.9 Å². The number of aliphatic hydroxyl groups excluding tert-OH is 1. The first-order valence-corrected chi connectivity index (χ1v) is 10.4. The Labute approximate surface area is 160 Å². The van der Waals surface area contributed by atoms with Crippen molar-refractivity contribution in [2.24, 2.45) is 0 Å². The fraction of sp³-hybridized carbons (Fsp3) is 0.368. The molecular formula is C19H20N2O3S2. The smallest absolute Gasteiger partial charge is 0.204 e. The van der Waals surface area contributed by atoms with Crippen LogP contribution < -0.4 is 0 Å². The van der Waals surface area contributed by atoms with E-state index in [1.165, 1.54) is 23.1 Å². The quantitative estimate of drug-likeness (QED) is 0.615. The average Bonchev–Trinajstić information content (AvgIpc) is 3.05. The highest BCUT2D eigenvalue weighted by Crippen LogP contribution is 2.33. The third-order valence-corrected chi connectivity index (χ3v) is 6.03. The highest BCUT2D eigenvalue weighted by molar-refractivity contribution is 8.13. The summed E-state index contributed by atoms with van der Waals surface area (Å²) < 4.78 is 0. The number of carbonyl (C=O) groups is 2. The Morgan fingerprint density at radius 2 is 2.12 bits per heavy atom. The van der Waals surface area contributed by atoms with Gasteiger partial charge in [0.2, 0.25) is 5.78 Å². The number of aromatic nitrogens is 2. The molecule has 5 nitrogen and oxygen atoms in total. The molecule has 0 fully saturated rings. The SMILES string of the molecule is CCSC(=O)Cc1nc2c(s1)C(=O)/C(=C(\O)c1ccc(CC)nc1)CC2. The number of aryl methyl sites for hydroxylation is 2. The molecule has 0 aliphatic heterocycles. The van der Waals surface area contributed by atoms with Crippen LogP contribution in [0.3, 0.4) is 0 Å². The Hall–Kier alpha value is -1.99. The van der Waals surface area contributed by atoms with Gasteiger partial charge in [-0.2, -0.15) is 0 Å². The number of rotatable bonds is 5. The van der Waals surface area contributed by atoms with Crippen molar-refractivity contribution in [1.82, 2.24) is 9.97 Å². The summed E-state index contributed by atoms with van der Waals surface area (Å²) in [6.45, 7) is 3.94. The van der Waals surface area contributed by atoms with E-state index in [0.29, 0.717) is 33.9 Å². The number of hydrogen-bond donors (Lipinski definition) is 1. The lowest BCUT2D eigenvalue weighted by molar-refractivity contribution is -0.110. The minimum Gasteiger partial charge on any atom is -0.507 e. The summed E-state index contributed by atoms with van der Waals surface area (Å²) in [6.07, 6.45) is 3.69. The van der Waals surface area contributed by atoms with Gasteiger partial charge in [-0.05, 0) is 37.1 Å². The number of Topliss-reactive ketones (excluding diaryl/α,β-unsaturated/α-hetero) is 1. The number of aliphatic hydroxyl groups is 1. The number of pyridine rings is 1. The van der Waals surface area contributed by atoms with Crippen LogP contribution in [-0.4, -0.2) is 31.7 Å². The maximum Gasteiger partial charge on any atom is 0.204 e. The van der Waals surface area contributed by atoms with Crippen LogP contribution in [0.15, 0.2) is 23.9 Å². The zero-order valence-corrected chi connectivity index (χ0v) is 16.4. The minimum absolute atomic E-state index is 0.0108. The van der Waals surface area contributed by atoms with Crippen molar-refractivity contribution in [3.63, 3.8) is 0 Å². The second-order valence-electron chi connectivity index (χ2n) is 5.91. The van der Waals surface area contributed by atoms with Crippen molar-refractivity contribution < 1.29 is 14.7 Å². The molecule has 0 saturated carbocycles. The number of thiazole rings is 1. The van der Waals surface area contributed by atoms with Crippen LogP contribution >= 0.6 is 23.1 Å². The monoisotopic (exact) mass is 388 g/mol. The van der Waals surface area contributed by atoms with Gasteiger partial charge in [-0.1, -0.05) is 25.6 Å². The lowest BCUT2D eigenvalue weighted by atomic mass is 9.93. The molecule has 2 aromatic rings. The molecule has 7 heteroatoms. The lowest BCUT2D eigenvalue weighted by Gasteiger charge is -2.14.